The van der Waals surface area contributed by atoms with Crippen molar-refractivity contribution in [3.05, 3.63) is 35.9 Å². The van der Waals surface area contributed by atoms with Crippen molar-refractivity contribution < 1.29 is 14.6 Å². The summed E-state index contributed by atoms with van der Waals surface area (Å²) in [6.45, 7) is 2.49. The lowest BCUT2D eigenvalue weighted by Gasteiger charge is -2.20. The predicted octanol–water partition coefficient (Wildman–Crippen LogP) is 1.20. The van der Waals surface area contributed by atoms with E-state index >= 15 is 0 Å². The smallest absolute Gasteiger partial charge is 0.315 e. The molecule has 2 amide bonds. The highest BCUT2D eigenvalue weighted by atomic mass is 16.5. The molecule has 1 aromatic carbocycles. The molecule has 1 aliphatic rings. The number of benzene rings is 1. The summed E-state index contributed by atoms with van der Waals surface area (Å²) in [5.74, 6) is 0. The number of carbonyl (C=O) groups is 1. The number of carbonyl (C=O) groups excluding carboxylic acids is 1. The fraction of sp³-hybridized carbons (Fsp3) is 0.500. The van der Waals surface area contributed by atoms with Gasteiger partial charge in [-0.25, -0.2) is 4.79 Å². The van der Waals surface area contributed by atoms with Gasteiger partial charge in [0.2, 0.25) is 0 Å². The van der Waals surface area contributed by atoms with Crippen LogP contribution in [0.25, 0.3) is 0 Å². The summed E-state index contributed by atoms with van der Waals surface area (Å²) in [6, 6.07) is 8.79. The van der Waals surface area contributed by atoms with Crippen molar-refractivity contribution >= 4 is 6.03 Å². The van der Waals surface area contributed by atoms with Crippen LogP contribution in [0.4, 0.5) is 4.79 Å². The molecule has 3 N–H and O–H groups in total. The predicted molar refractivity (Wildman–Crippen MR) is 71.8 cm³/mol. The first-order valence-corrected chi connectivity index (χ1v) is 6.55. The first-order valence-electron chi connectivity index (χ1n) is 6.55. The van der Waals surface area contributed by atoms with Crippen LogP contribution in [-0.4, -0.2) is 36.5 Å². The van der Waals surface area contributed by atoms with Crippen LogP contribution in [-0.2, 0) is 4.74 Å². The van der Waals surface area contributed by atoms with E-state index in [1.54, 1.807) is 0 Å². The molecule has 2 rings (SSSR count). The van der Waals surface area contributed by atoms with Gasteiger partial charge in [-0.05, 0) is 18.9 Å². The van der Waals surface area contributed by atoms with Crippen molar-refractivity contribution in [3.63, 3.8) is 0 Å². The minimum atomic E-state index is -0.390. The van der Waals surface area contributed by atoms with Crippen LogP contribution in [0.15, 0.2) is 30.3 Å². The third-order valence-corrected chi connectivity index (χ3v) is 3.38. The number of aliphatic hydroxyl groups excluding tert-OH is 1. The summed E-state index contributed by atoms with van der Waals surface area (Å²) in [6.07, 6.45) is 0.860. The van der Waals surface area contributed by atoms with Crippen LogP contribution < -0.4 is 10.6 Å². The summed E-state index contributed by atoms with van der Waals surface area (Å²) >= 11 is 0. The van der Waals surface area contributed by atoms with E-state index in [0.717, 1.165) is 12.0 Å². The van der Waals surface area contributed by atoms with Crippen molar-refractivity contribution in [1.82, 2.24) is 10.6 Å². The molecule has 1 aromatic rings. The van der Waals surface area contributed by atoms with Gasteiger partial charge in [0.1, 0.15) is 0 Å². The van der Waals surface area contributed by atoms with Gasteiger partial charge in [-0.15, -0.1) is 0 Å². The highest BCUT2D eigenvalue weighted by Crippen LogP contribution is 2.14. The molecule has 0 aliphatic carbocycles. The lowest BCUT2D eigenvalue weighted by molar-refractivity contribution is 0.114. The highest BCUT2D eigenvalue weighted by molar-refractivity contribution is 5.74. The third kappa shape index (κ3) is 3.68. The zero-order chi connectivity index (χ0) is 13.7. The standard InChI is InChI=1S/C14H20N2O3/c1-10-12(7-8-19-10)15-14(18)16-13(9-17)11-5-3-2-4-6-11/h2-6,10,12-13,17H,7-9H2,1H3,(H2,15,16,18). The molecule has 19 heavy (non-hydrogen) atoms. The van der Waals surface area contributed by atoms with Crippen molar-refractivity contribution in [2.45, 2.75) is 31.5 Å². The van der Waals surface area contributed by atoms with Gasteiger partial charge in [0.25, 0.3) is 0 Å². The lowest BCUT2D eigenvalue weighted by Crippen LogP contribution is -2.46. The van der Waals surface area contributed by atoms with Crippen molar-refractivity contribution in [2.75, 3.05) is 13.2 Å². The zero-order valence-electron chi connectivity index (χ0n) is 11.0. The molecule has 0 bridgehead atoms. The maximum atomic E-state index is 11.9. The van der Waals surface area contributed by atoms with E-state index in [2.05, 4.69) is 10.6 Å². The Morgan fingerprint density at radius 3 is 2.79 bits per heavy atom. The summed E-state index contributed by atoms with van der Waals surface area (Å²) in [7, 11) is 0. The number of ether oxygens (including phenoxy) is 1. The Morgan fingerprint density at radius 1 is 1.47 bits per heavy atom. The van der Waals surface area contributed by atoms with E-state index in [-0.39, 0.29) is 30.8 Å². The Balaban J connectivity index is 1.89. The van der Waals surface area contributed by atoms with E-state index in [1.807, 2.05) is 37.3 Å². The topological polar surface area (TPSA) is 70.6 Å². The molecule has 0 radical (unpaired) electrons. The number of amides is 2. The largest absolute Gasteiger partial charge is 0.394 e. The molecule has 3 atom stereocenters. The second kappa shape index (κ2) is 6.54. The minimum absolute atomic E-state index is 0.0371. The SMILES string of the molecule is CC1OCCC1NC(=O)NC(CO)c1ccccc1. The Kier molecular flexibility index (Phi) is 4.76. The number of hydrogen-bond acceptors (Lipinski definition) is 3. The molecule has 0 aromatic heterocycles. The number of hydrogen-bond donors (Lipinski definition) is 3. The van der Waals surface area contributed by atoms with Gasteiger partial charge in [-0.1, -0.05) is 30.3 Å². The van der Waals surface area contributed by atoms with E-state index < -0.39 is 0 Å². The lowest BCUT2D eigenvalue weighted by atomic mass is 10.1. The molecule has 1 aliphatic heterocycles. The highest BCUT2D eigenvalue weighted by Gasteiger charge is 2.26. The van der Waals surface area contributed by atoms with Gasteiger partial charge in [-0.2, -0.15) is 0 Å². The monoisotopic (exact) mass is 264 g/mol. The Labute approximate surface area is 113 Å². The molecule has 104 valence electrons. The van der Waals surface area contributed by atoms with Gasteiger partial charge >= 0.3 is 6.03 Å². The van der Waals surface area contributed by atoms with Gasteiger partial charge < -0.3 is 20.5 Å². The minimum Gasteiger partial charge on any atom is -0.394 e. The number of aliphatic hydroxyl groups is 1. The van der Waals surface area contributed by atoms with Crippen molar-refractivity contribution in [3.8, 4) is 0 Å². The second-order valence-corrected chi connectivity index (χ2v) is 4.73. The summed E-state index contributed by atoms with van der Waals surface area (Å²) in [5.41, 5.74) is 0.885. The molecule has 0 spiro atoms. The van der Waals surface area contributed by atoms with E-state index in [0.29, 0.717) is 6.61 Å². The molecule has 5 heteroatoms. The van der Waals surface area contributed by atoms with E-state index in [9.17, 15) is 9.90 Å². The molecule has 3 unspecified atom stereocenters. The third-order valence-electron chi connectivity index (χ3n) is 3.38. The zero-order valence-corrected chi connectivity index (χ0v) is 11.0. The summed E-state index contributed by atoms with van der Waals surface area (Å²) < 4.78 is 5.39. The van der Waals surface area contributed by atoms with Gasteiger partial charge in [0, 0.05) is 6.61 Å². The van der Waals surface area contributed by atoms with Crippen LogP contribution in [0.1, 0.15) is 24.9 Å². The van der Waals surface area contributed by atoms with Gasteiger partial charge in [0.15, 0.2) is 0 Å². The van der Waals surface area contributed by atoms with Gasteiger partial charge in [0.05, 0.1) is 24.8 Å². The average molecular weight is 264 g/mol. The summed E-state index contributed by atoms with van der Waals surface area (Å²) in [4.78, 5) is 11.9. The maximum Gasteiger partial charge on any atom is 0.315 e. The molecular weight excluding hydrogens is 244 g/mol. The van der Waals surface area contributed by atoms with E-state index in [4.69, 9.17) is 4.74 Å². The fourth-order valence-electron chi connectivity index (χ4n) is 2.21. The van der Waals surface area contributed by atoms with Crippen LogP contribution in [0, 0.1) is 0 Å². The Bertz CT molecular complexity index is 410. The maximum absolute atomic E-state index is 11.9. The van der Waals surface area contributed by atoms with Gasteiger partial charge in [-0.3, -0.25) is 0 Å². The first kappa shape index (κ1) is 13.8. The quantitative estimate of drug-likeness (QED) is 0.765. The average Bonchev–Trinajstić information content (AvgIpc) is 2.82. The molecule has 1 fully saturated rings. The first-order chi connectivity index (χ1) is 9.20. The molecule has 0 saturated carbocycles. The number of urea groups is 1. The van der Waals surface area contributed by atoms with Crippen molar-refractivity contribution in [2.24, 2.45) is 0 Å². The van der Waals surface area contributed by atoms with Crippen LogP contribution in [0.2, 0.25) is 0 Å². The normalized spacial score (nSPS) is 23.9. The van der Waals surface area contributed by atoms with Crippen LogP contribution >= 0.6 is 0 Å². The number of nitrogens with one attached hydrogen (secondary N) is 2. The molecular formula is C14H20N2O3. The molecule has 5 nitrogen and oxygen atoms in total. The van der Waals surface area contributed by atoms with Crippen LogP contribution in [0.3, 0.4) is 0 Å². The fourth-order valence-corrected chi connectivity index (χ4v) is 2.21. The summed E-state index contributed by atoms with van der Waals surface area (Å²) in [5, 5.41) is 15.0. The second-order valence-electron chi connectivity index (χ2n) is 4.73. The Hall–Kier alpha value is -1.59. The Morgan fingerprint density at radius 2 is 2.21 bits per heavy atom. The number of rotatable bonds is 4. The van der Waals surface area contributed by atoms with Crippen LogP contribution in [0.5, 0.6) is 0 Å². The van der Waals surface area contributed by atoms with Crippen molar-refractivity contribution in [1.29, 1.82) is 0 Å². The van der Waals surface area contributed by atoms with E-state index in [1.165, 1.54) is 0 Å². The molecule has 1 saturated heterocycles. The molecule has 1 heterocycles.